The highest BCUT2D eigenvalue weighted by Gasteiger charge is 2.47. The fraction of sp³-hybridized carbons (Fsp3) is 0.391. The van der Waals surface area contributed by atoms with Gasteiger partial charge in [0, 0.05) is 49.5 Å². The van der Waals surface area contributed by atoms with Gasteiger partial charge in [-0.3, -0.25) is 0 Å². The van der Waals surface area contributed by atoms with Crippen molar-refractivity contribution in [2.75, 3.05) is 31.1 Å². The molecule has 2 aromatic carbocycles. The number of piperidine rings is 1. The van der Waals surface area contributed by atoms with E-state index in [1.807, 2.05) is 0 Å². The molecule has 2 saturated heterocycles. The van der Waals surface area contributed by atoms with Gasteiger partial charge in [0.2, 0.25) is 15.2 Å². The van der Waals surface area contributed by atoms with E-state index in [1.165, 1.54) is 40.1 Å². The molecule has 0 atom stereocenters. The number of benzene rings is 2. The Morgan fingerprint density at radius 1 is 1.03 bits per heavy atom. The third kappa shape index (κ3) is 4.39. The molecule has 3 heterocycles. The fourth-order valence-corrected chi connectivity index (χ4v) is 7.00. The summed E-state index contributed by atoms with van der Waals surface area (Å²) < 4.78 is 58.8. The van der Waals surface area contributed by atoms with Crippen molar-refractivity contribution in [3.05, 3.63) is 71.1 Å². The molecule has 10 heteroatoms. The molecule has 2 aliphatic heterocycles. The van der Waals surface area contributed by atoms with Crippen LogP contribution in [0, 0.1) is 24.0 Å². The fourth-order valence-electron chi connectivity index (χ4n) is 4.64. The maximum atomic E-state index is 13.7. The van der Waals surface area contributed by atoms with Crippen LogP contribution in [0.25, 0.3) is 0 Å². The zero-order valence-electron chi connectivity index (χ0n) is 18.2. The summed E-state index contributed by atoms with van der Waals surface area (Å²) >= 11 is 1.36. The Balaban J connectivity index is 1.19. The molecular formula is C23H24F2N4O2S2. The van der Waals surface area contributed by atoms with Crippen molar-refractivity contribution < 1.29 is 17.2 Å². The summed E-state index contributed by atoms with van der Waals surface area (Å²) in [7, 11) is -3.71. The van der Waals surface area contributed by atoms with Gasteiger partial charge < -0.3 is 4.90 Å². The Kier molecular flexibility index (Phi) is 5.70. The molecule has 2 aliphatic rings. The monoisotopic (exact) mass is 490 g/mol. The van der Waals surface area contributed by atoms with Gasteiger partial charge in [-0.05, 0) is 55.2 Å². The van der Waals surface area contributed by atoms with Gasteiger partial charge >= 0.3 is 0 Å². The molecule has 1 aromatic heterocycles. The molecule has 174 valence electrons. The van der Waals surface area contributed by atoms with Gasteiger partial charge in [-0.15, -0.1) is 0 Å². The number of nitrogens with zero attached hydrogens (tertiary/aromatic N) is 4. The number of anilines is 1. The lowest BCUT2D eigenvalue weighted by Crippen LogP contribution is -2.61. The Labute approximate surface area is 196 Å². The van der Waals surface area contributed by atoms with Crippen LogP contribution in [-0.4, -0.2) is 48.3 Å². The third-order valence-electron chi connectivity index (χ3n) is 6.61. The van der Waals surface area contributed by atoms with Crippen LogP contribution >= 0.6 is 11.5 Å². The summed E-state index contributed by atoms with van der Waals surface area (Å²) in [5, 5.41) is 0.864. The molecule has 0 amide bonds. The molecule has 1 spiro atoms. The maximum absolute atomic E-state index is 13.7. The van der Waals surface area contributed by atoms with Gasteiger partial charge in [0.1, 0.15) is 17.5 Å². The van der Waals surface area contributed by atoms with E-state index in [9.17, 15) is 17.2 Å². The zero-order chi connectivity index (χ0) is 23.2. The molecule has 0 unspecified atom stereocenters. The molecule has 0 saturated carbocycles. The summed E-state index contributed by atoms with van der Waals surface area (Å²) in [6.07, 6.45) is 2.08. The summed E-state index contributed by atoms with van der Waals surface area (Å²) in [6, 6.07) is 10.2. The highest BCUT2D eigenvalue weighted by molar-refractivity contribution is 7.89. The van der Waals surface area contributed by atoms with Crippen LogP contribution < -0.4 is 4.90 Å². The first-order valence-electron chi connectivity index (χ1n) is 10.8. The van der Waals surface area contributed by atoms with E-state index in [0.717, 1.165) is 42.7 Å². The van der Waals surface area contributed by atoms with E-state index in [0.29, 0.717) is 30.9 Å². The number of sulfonamides is 1. The lowest BCUT2D eigenvalue weighted by molar-refractivity contribution is 0.114. The SMILES string of the molecule is Cc1ccc(F)cc1S(=O)(=O)N1CCC2(CC1)CN(c1nc(Cc3ccc(F)cc3)ns1)C2. The molecule has 33 heavy (non-hydrogen) atoms. The van der Waals surface area contributed by atoms with Crippen molar-refractivity contribution in [3.63, 3.8) is 0 Å². The second-order valence-electron chi connectivity index (χ2n) is 8.97. The van der Waals surface area contributed by atoms with Gasteiger partial charge in [-0.2, -0.15) is 8.68 Å². The van der Waals surface area contributed by atoms with Crippen LogP contribution in [0.4, 0.5) is 13.9 Å². The lowest BCUT2D eigenvalue weighted by atomic mass is 9.73. The first-order valence-corrected chi connectivity index (χ1v) is 13.0. The minimum atomic E-state index is -3.71. The Hall–Kier alpha value is -2.43. The Morgan fingerprint density at radius 3 is 2.39 bits per heavy atom. The number of hydrogen-bond acceptors (Lipinski definition) is 6. The quantitative estimate of drug-likeness (QED) is 0.541. The van der Waals surface area contributed by atoms with Gasteiger partial charge in [-0.25, -0.2) is 22.2 Å². The first kappa shape index (κ1) is 22.4. The van der Waals surface area contributed by atoms with E-state index >= 15 is 0 Å². The average molecular weight is 491 g/mol. The Morgan fingerprint density at radius 2 is 1.70 bits per heavy atom. The molecule has 0 N–H and O–H groups in total. The van der Waals surface area contributed by atoms with Crippen LogP contribution in [0.3, 0.4) is 0 Å². The van der Waals surface area contributed by atoms with Crippen molar-refractivity contribution in [1.82, 2.24) is 13.7 Å². The topological polar surface area (TPSA) is 66.4 Å². The number of aryl methyl sites for hydroxylation is 1. The summed E-state index contributed by atoms with van der Waals surface area (Å²) in [5.74, 6) is -0.0893. The summed E-state index contributed by atoms with van der Waals surface area (Å²) in [6.45, 7) is 4.19. The standard InChI is InChI=1S/C23H24F2N4O2S2/c1-16-2-5-19(25)13-20(16)33(30,31)29-10-8-23(9-11-29)14-28(15-23)22-26-21(27-32-22)12-17-3-6-18(24)7-4-17/h2-7,13H,8-12,14-15H2,1H3. The van der Waals surface area contributed by atoms with Crippen molar-refractivity contribution in [2.24, 2.45) is 5.41 Å². The lowest BCUT2D eigenvalue weighted by Gasteiger charge is -2.53. The van der Waals surface area contributed by atoms with Crippen LogP contribution in [0.15, 0.2) is 47.4 Å². The number of hydrogen-bond donors (Lipinski definition) is 0. The van der Waals surface area contributed by atoms with Crippen LogP contribution in [0.1, 0.15) is 29.8 Å². The molecule has 0 radical (unpaired) electrons. The van der Waals surface area contributed by atoms with Crippen LogP contribution in [0.2, 0.25) is 0 Å². The number of halogens is 2. The molecule has 6 nitrogen and oxygen atoms in total. The summed E-state index contributed by atoms with van der Waals surface area (Å²) in [5.41, 5.74) is 1.59. The second kappa shape index (κ2) is 8.41. The molecule has 3 aromatic rings. The zero-order valence-corrected chi connectivity index (χ0v) is 19.8. The molecule has 0 bridgehead atoms. The van der Waals surface area contributed by atoms with E-state index < -0.39 is 15.8 Å². The first-order chi connectivity index (χ1) is 15.7. The molecule has 5 rings (SSSR count). The Bertz CT molecular complexity index is 1260. The minimum absolute atomic E-state index is 0.0521. The largest absolute Gasteiger partial charge is 0.346 e. The van der Waals surface area contributed by atoms with E-state index in [2.05, 4.69) is 14.3 Å². The normalized spacial score (nSPS) is 18.5. The van der Waals surface area contributed by atoms with Crippen molar-refractivity contribution in [2.45, 2.75) is 31.1 Å². The van der Waals surface area contributed by atoms with Gasteiger partial charge in [-0.1, -0.05) is 18.2 Å². The second-order valence-corrected chi connectivity index (χ2v) is 11.6. The number of rotatable bonds is 5. The van der Waals surface area contributed by atoms with Crippen molar-refractivity contribution in [1.29, 1.82) is 0 Å². The molecular weight excluding hydrogens is 466 g/mol. The van der Waals surface area contributed by atoms with Gasteiger partial charge in [0.05, 0.1) is 4.90 Å². The average Bonchev–Trinajstić information content (AvgIpc) is 3.23. The van der Waals surface area contributed by atoms with E-state index in [-0.39, 0.29) is 16.1 Å². The van der Waals surface area contributed by atoms with E-state index in [1.54, 1.807) is 19.1 Å². The predicted molar refractivity (Wildman–Crippen MR) is 123 cm³/mol. The third-order valence-corrected chi connectivity index (χ3v) is 9.46. The molecule has 2 fully saturated rings. The van der Waals surface area contributed by atoms with Crippen LogP contribution in [-0.2, 0) is 16.4 Å². The predicted octanol–water partition coefficient (Wildman–Crippen LogP) is 4.01. The summed E-state index contributed by atoms with van der Waals surface area (Å²) in [4.78, 5) is 6.88. The maximum Gasteiger partial charge on any atom is 0.243 e. The van der Waals surface area contributed by atoms with Crippen molar-refractivity contribution in [3.8, 4) is 0 Å². The van der Waals surface area contributed by atoms with Crippen LogP contribution in [0.5, 0.6) is 0 Å². The smallest absolute Gasteiger partial charge is 0.243 e. The van der Waals surface area contributed by atoms with E-state index in [4.69, 9.17) is 0 Å². The number of aromatic nitrogens is 2. The highest BCUT2D eigenvalue weighted by Crippen LogP contribution is 2.44. The molecule has 0 aliphatic carbocycles. The van der Waals surface area contributed by atoms with Crippen molar-refractivity contribution >= 4 is 26.7 Å². The highest BCUT2D eigenvalue weighted by atomic mass is 32.2. The van der Waals surface area contributed by atoms with Gasteiger partial charge in [0.25, 0.3) is 0 Å². The minimum Gasteiger partial charge on any atom is -0.346 e. The van der Waals surface area contributed by atoms with Gasteiger partial charge in [0.15, 0.2) is 0 Å².